The Bertz CT molecular complexity index is 1270. The van der Waals surface area contributed by atoms with Gasteiger partial charge in [0.15, 0.2) is 0 Å². The Kier molecular flexibility index (Phi) is 8.06. The molecule has 1 saturated heterocycles. The van der Waals surface area contributed by atoms with Crippen LogP contribution in [0.4, 0.5) is 14.5 Å². The number of aromatic nitrogens is 1. The van der Waals surface area contributed by atoms with Gasteiger partial charge in [-0.1, -0.05) is 12.1 Å². The second-order valence-corrected chi connectivity index (χ2v) is 9.60. The van der Waals surface area contributed by atoms with Crippen LogP contribution < -0.4 is 10.6 Å². The Hall–Kier alpha value is -4.14. The molecule has 0 radical (unpaired) electrons. The minimum absolute atomic E-state index is 0.113. The molecule has 10 nitrogen and oxygen atoms in total. The van der Waals surface area contributed by atoms with Crippen molar-refractivity contribution in [3.8, 4) is 6.07 Å². The summed E-state index contributed by atoms with van der Waals surface area (Å²) in [6, 6.07) is 6.62. The topological polar surface area (TPSA) is 141 Å². The summed E-state index contributed by atoms with van der Waals surface area (Å²) < 4.78 is 32.4. The van der Waals surface area contributed by atoms with Crippen LogP contribution in [0.3, 0.4) is 0 Å². The monoisotopic (exact) mass is 515 g/mol. The molecule has 2 aromatic rings. The second-order valence-electron chi connectivity index (χ2n) is 9.60. The normalized spacial score (nSPS) is 16.6. The van der Waals surface area contributed by atoms with E-state index in [1.165, 1.54) is 12.3 Å². The first kappa shape index (κ1) is 27.4. The molecule has 1 fully saturated rings. The third kappa shape index (κ3) is 7.19. The van der Waals surface area contributed by atoms with Crippen LogP contribution in [0.15, 0.2) is 30.5 Å². The van der Waals surface area contributed by atoms with Crippen molar-refractivity contribution in [2.45, 2.75) is 57.6 Å². The van der Waals surface area contributed by atoms with Crippen LogP contribution in [-0.4, -0.2) is 64.2 Å². The Morgan fingerprint density at radius 1 is 1.22 bits per heavy atom. The standard InChI is InChI=1S/C25H27F2N5O5/c1-24(2,3)37-21(35)8-7-19(33)31-18-6-4-5-16-17(9-10-29-22(16)18)23(36)30-13-20(34)32-14-25(26,27)11-15(32)12-28/h4-6,9-10,15H,7-8,11,13-14H2,1-3H3,(H,30,36)(H,31,33)/t15-/m0/s1. The van der Waals surface area contributed by atoms with Crippen LogP contribution in [-0.2, 0) is 19.1 Å². The number of hydrogen-bond acceptors (Lipinski definition) is 7. The van der Waals surface area contributed by atoms with Crippen molar-refractivity contribution in [3.63, 3.8) is 0 Å². The highest BCUT2D eigenvalue weighted by atomic mass is 19.3. The predicted molar refractivity (Wildman–Crippen MR) is 128 cm³/mol. The van der Waals surface area contributed by atoms with Gasteiger partial charge in [-0.05, 0) is 32.9 Å². The number of likely N-dealkylation sites (tertiary alicyclic amines) is 1. The molecule has 2 heterocycles. The van der Waals surface area contributed by atoms with E-state index in [0.29, 0.717) is 16.6 Å². The fourth-order valence-corrected chi connectivity index (χ4v) is 3.84. The van der Waals surface area contributed by atoms with E-state index in [2.05, 4.69) is 15.6 Å². The zero-order valence-corrected chi connectivity index (χ0v) is 20.6. The molecular weight excluding hydrogens is 488 g/mol. The number of rotatable bonds is 7. The Morgan fingerprint density at radius 3 is 2.62 bits per heavy atom. The zero-order chi connectivity index (χ0) is 27.4. The summed E-state index contributed by atoms with van der Waals surface area (Å²) >= 11 is 0. The number of alkyl halides is 2. The number of pyridine rings is 1. The molecular formula is C25H27F2N5O5. The average molecular weight is 516 g/mol. The van der Waals surface area contributed by atoms with E-state index in [1.54, 1.807) is 45.0 Å². The lowest BCUT2D eigenvalue weighted by molar-refractivity contribution is -0.155. The zero-order valence-electron chi connectivity index (χ0n) is 20.6. The maximum absolute atomic E-state index is 13.6. The number of anilines is 1. The van der Waals surface area contributed by atoms with E-state index >= 15 is 0 Å². The van der Waals surface area contributed by atoms with Gasteiger partial charge in [-0.25, -0.2) is 8.78 Å². The van der Waals surface area contributed by atoms with Crippen LogP contribution in [0.5, 0.6) is 0 Å². The highest BCUT2D eigenvalue weighted by Crippen LogP contribution is 2.31. The highest BCUT2D eigenvalue weighted by Gasteiger charge is 2.47. The van der Waals surface area contributed by atoms with Crippen molar-refractivity contribution in [2.75, 3.05) is 18.4 Å². The third-order valence-corrected chi connectivity index (χ3v) is 5.41. The lowest BCUT2D eigenvalue weighted by Gasteiger charge is -2.19. The van der Waals surface area contributed by atoms with Gasteiger partial charge >= 0.3 is 5.97 Å². The van der Waals surface area contributed by atoms with Crippen LogP contribution in [0, 0.1) is 11.3 Å². The molecule has 1 aliphatic rings. The fourth-order valence-electron chi connectivity index (χ4n) is 3.84. The number of carbonyl (C=O) groups excluding carboxylic acids is 4. The summed E-state index contributed by atoms with van der Waals surface area (Å²) in [5, 5.41) is 14.5. The maximum Gasteiger partial charge on any atom is 0.306 e. The first-order valence-corrected chi connectivity index (χ1v) is 11.5. The van der Waals surface area contributed by atoms with E-state index in [-0.39, 0.29) is 18.4 Å². The van der Waals surface area contributed by atoms with Gasteiger partial charge in [0.2, 0.25) is 11.8 Å². The molecule has 3 amide bonds. The number of benzene rings is 1. The van der Waals surface area contributed by atoms with Crippen molar-refractivity contribution in [2.24, 2.45) is 0 Å². The number of carbonyl (C=O) groups is 4. The minimum atomic E-state index is -3.16. The number of nitrogens with zero attached hydrogens (tertiary/aromatic N) is 3. The van der Waals surface area contributed by atoms with Gasteiger partial charge in [0.25, 0.3) is 11.8 Å². The molecule has 1 atom stereocenters. The van der Waals surface area contributed by atoms with Crippen LogP contribution in [0.2, 0.25) is 0 Å². The Labute approximate surface area is 212 Å². The van der Waals surface area contributed by atoms with E-state index in [1.807, 2.05) is 0 Å². The molecule has 1 aliphatic heterocycles. The Balaban J connectivity index is 1.67. The number of ether oxygens (including phenoxy) is 1. The summed E-state index contributed by atoms with van der Waals surface area (Å²) in [5.74, 6) is -5.57. The van der Waals surface area contributed by atoms with E-state index in [0.717, 1.165) is 4.90 Å². The van der Waals surface area contributed by atoms with Gasteiger partial charge in [0, 0.05) is 24.4 Å². The number of nitriles is 1. The van der Waals surface area contributed by atoms with Crippen molar-refractivity contribution < 1.29 is 32.7 Å². The number of halogens is 2. The maximum atomic E-state index is 13.6. The first-order chi connectivity index (χ1) is 17.3. The van der Waals surface area contributed by atoms with Crippen molar-refractivity contribution >= 4 is 40.3 Å². The second kappa shape index (κ2) is 10.9. The van der Waals surface area contributed by atoms with E-state index < -0.39 is 60.8 Å². The van der Waals surface area contributed by atoms with Crippen LogP contribution >= 0.6 is 0 Å². The number of fused-ring (bicyclic) bond motifs is 1. The SMILES string of the molecule is CC(C)(C)OC(=O)CCC(=O)Nc1cccc2c(C(=O)NCC(=O)N3CC(F)(F)C[C@H]3C#N)ccnc12. The van der Waals surface area contributed by atoms with Crippen LogP contribution in [0.1, 0.15) is 50.4 Å². The van der Waals surface area contributed by atoms with Crippen molar-refractivity contribution in [3.05, 3.63) is 36.0 Å². The summed E-state index contributed by atoms with van der Waals surface area (Å²) in [7, 11) is 0. The molecule has 0 bridgehead atoms. The molecule has 2 N–H and O–H groups in total. The van der Waals surface area contributed by atoms with E-state index in [9.17, 15) is 28.0 Å². The van der Waals surface area contributed by atoms with Crippen molar-refractivity contribution in [1.29, 1.82) is 5.26 Å². The predicted octanol–water partition coefficient (Wildman–Crippen LogP) is 2.78. The van der Waals surface area contributed by atoms with E-state index in [4.69, 9.17) is 10.00 Å². The summed E-state index contributed by atoms with van der Waals surface area (Å²) in [5.41, 5.74) is 0.0988. The molecule has 37 heavy (non-hydrogen) atoms. The largest absolute Gasteiger partial charge is 0.460 e. The van der Waals surface area contributed by atoms with Gasteiger partial charge < -0.3 is 20.3 Å². The number of hydrogen-bond donors (Lipinski definition) is 2. The smallest absolute Gasteiger partial charge is 0.306 e. The summed E-state index contributed by atoms with van der Waals surface area (Å²) in [6.45, 7) is 3.73. The average Bonchev–Trinajstić information content (AvgIpc) is 3.14. The van der Waals surface area contributed by atoms with Gasteiger partial charge in [-0.15, -0.1) is 0 Å². The molecule has 12 heteroatoms. The molecule has 196 valence electrons. The molecule has 0 unspecified atom stereocenters. The minimum Gasteiger partial charge on any atom is -0.460 e. The van der Waals surface area contributed by atoms with Gasteiger partial charge in [0.05, 0.1) is 42.3 Å². The Morgan fingerprint density at radius 2 is 1.95 bits per heavy atom. The molecule has 0 spiro atoms. The summed E-state index contributed by atoms with van der Waals surface area (Å²) in [4.78, 5) is 54.5. The third-order valence-electron chi connectivity index (χ3n) is 5.41. The molecule has 0 aliphatic carbocycles. The quantitative estimate of drug-likeness (QED) is 0.540. The lowest BCUT2D eigenvalue weighted by atomic mass is 10.1. The van der Waals surface area contributed by atoms with Crippen LogP contribution in [0.25, 0.3) is 10.9 Å². The number of para-hydroxylation sites is 1. The number of amides is 3. The van der Waals surface area contributed by atoms with Gasteiger partial charge in [-0.2, -0.15) is 5.26 Å². The van der Waals surface area contributed by atoms with Crippen molar-refractivity contribution in [1.82, 2.24) is 15.2 Å². The first-order valence-electron chi connectivity index (χ1n) is 11.5. The number of nitrogens with one attached hydrogen (secondary N) is 2. The molecule has 1 aromatic carbocycles. The lowest BCUT2D eigenvalue weighted by Crippen LogP contribution is -2.43. The number of esters is 1. The fraction of sp³-hybridized carbons (Fsp3) is 0.440. The summed E-state index contributed by atoms with van der Waals surface area (Å²) in [6.07, 6.45) is 0.373. The van der Waals surface area contributed by atoms with Gasteiger partial charge in [-0.3, -0.25) is 24.2 Å². The molecule has 3 rings (SSSR count). The molecule has 0 saturated carbocycles. The molecule has 1 aromatic heterocycles. The van der Waals surface area contributed by atoms with Gasteiger partial charge in [0.1, 0.15) is 11.6 Å². The highest BCUT2D eigenvalue weighted by molar-refractivity contribution is 6.10.